The molecule has 8 nitrogen and oxygen atoms in total. The predicted octanol–water partition coefficient (Wildman–Crippen LogP) is 2.59. The smallest absolute Gasteiger partial charge is 0.272 e. The molecule has 1 aromatic heterocycles. The second-order valence-corrected chi connectivity index (χ2v) is 9.05. The van der Waals surface area contributed by atoms with Gasteiger partial charge >= 0.3 is 0 Å². The van der Waals surface area contributed by atoms with Gasteiger partial charge in [0.05, 0.1) is 6.54 Å². The summed E-state index contributed by atoms with van der Waals surface area (Å²) in [5.74, 6) is -1.01. The topological polar surface area (TPSA) is 96.3 Å². The van der Waals surface area contributed by atoms with E-state index in [0.717, 1.165) is 22.3 Å². The summed E-state index contributed by atoms with van der Waals surface area (Å²) in [6.07, 6.45) is 0. The van der Waals surface area contributed by atoms with Crippen LogP contribution in [0, 0.1) is 13.8 Å². The highest BCUT2D eigenvalue weighted by Crippen LogP contribution is 2.26. The van der Waals surface area contributed by atoms with E-state index in [1.165, 1.54) is 15.6 Å². The van der Waals surface area contributed by atoms with E-state index in [4.69, 9.17) is 0 Å². The highest BCUT2D eigenvalue weighted by Gasteiger charge is 2.46. The summed E-state index contributed by atoms with van der Waals surface area (Å²) in [6.45, 7) is 6.56. The highest BCUT2D eigenvalue weighted by atomic mass is 16.2. The van der Waals surface area contributed by atoms with Crippen molar-refractivity contribution >= 4 is 17.7 Å². The molecule has 0 fully saturated rings. The van der Waals surface area contributed by atoms with E-state index in [9.17, 15) is 14.4 Å². The average molecular weight is 460 g/mol. The molecule has 2 heterocycles. The minimum absolute atomic E-state index is 0.147. The van der Waals surface area contributed by atoms with Gasteiger partial charge in [0, 0.05) is 26.2 Å². The summed E-state index contributed by atoms with van der Waals surface area (Å²) in [5, 5.41) is 10.1. The monoisotopic (exact) mass is 459 g/mol. The van der Waals surface area contributed by atoms with E-state index in [-0.39, 0.29) is 35.7 Å². The van der Waals surface area contributed by atoms with Crippen molar-refractivity contribution in [3.05, 3.63) is 88.2 Å². The van der Waals surface area contributed by atoms with Crippen molar-refractivity contribution in [1.82, 2.24) is 25.3 Å². The SMILES string of the molecule is Cc1ccc(CNC(=O)C2(C)Cn3nc(C(=O)NCc4cccc(C)c4)cc3C(=O)N2C)cc1. The number of nitrogens with zero attached hydrogens (tertiary/aromatic N) is 3. The first-order valence-corrected chi connectivity index (χ1v) is 11.2. The predicted molar refractivity (Wildman–Crippen MR) is 128 cm³/mol. The minimum Gasteiger partial charge on any atom is -0.350 e. The Morgan fingerprint density at radius 3 is 2.38 bits per heavy atom. The first kappa shape index (κ1) is 23.2. The van der Waals surface area contributed by atoms with Crippen LogP contribution in [0.3, 0.4) is 0 Å². The van der Waals surface area contributed by atoms with Crippen molar-refractivity contribution in [2.45, 2.75) is 45.9 Å². The molecule has 0 spiro atoms. The molecule has 0 saturated heterocycles. The van der Waals surface area contributed by atoms with Crippen molar-refractivity contribution in [3.63, 3.8) is 0 Å². The molecule has 0 radical (unpaired) electrons. The van der Waals surface area contributed by atoms with Gasteiger partial charge in [-0.1, -0.05) is 59.7 Å². The number of amides is 3. The largest absolute Gasteiger partial charge is 0.350 e. The first-order valence-electron chi connectivity index (χ1n) is 11.2. The lowest BCUT2D eigenvalue weighted by molar-refractivity contribution is -0.132. The fourth-order valence-electron chi connectivity index (χ4n) is 4.01. The van der Waals surface area contributed by atoms with Crippen LogP contribution in [0.5, 0.6) is 0 Å². The molecule has 2 aromatic carbocycles. The second-order valence-electron chi connectivity index (χ2n) is 9.05. The van der Waals surface area contributed by atoms with Crippen LogP contribution < -0.4 is 10.6 Å². The summed E-state index contributed by atoms with van der Waals surface area (Å²) in [6, 6.07) is 17.2. The Kier molecular flexibility index (Phi) is 6.24. The Morgan fingerprint density at radius 2 is 1.68 bits per heavy atom. The van der Waals surface area contributed by atoms with Gasteiger partial charge in [-0.15, -0.1) is 0 Å². The number of carbonyl (C=O) groups excluding carboxylic acids is 3. The molecule has 1 atom stereocenters. The summed E-state index contributed by atoms with van der Waals surface area (Å²) < 4.78 is 1.45. The number of hydrogen-bond acceptors (Lipinski definition) is 4. The van der Waals surface area contributed by atoms with Gasteiger partial charge in [0.15, 0.2) is 5.69 Å². The van der Waals surface area contributed by atoms with Gasteiger partial charge in [0.2, 0.25) is 5.91 Å². The van der Waals surface area contributed by atoms with E-state index in [0.29, 0.717) is 13.1 Å². The molecule has 3 amide bonds. The molecule has 176 valence electrons. The van der Waals surface area contributed by atoms with E-state index < -0.39 is 5.54 Å². The van der Waals surface area contributed by atoms with Gasteiger partial charge in [-0.3, -0.25) is 19.1 Å². The zero-order valence-corrected chi connectivity index (χ0v) is 19.9. The quantitative estimate of drug-likeness (QED) is 0.592. The summed E-state index contributed by atoms with van der Waals surface area (Å²) in [4.78, 5) is 40.3. The number of nitrogens with one attached hydrogen (secondary N) is 2. The van der Waals surface area contributed by atoms with Gasteiger partial charge in [-0.05, 0) is 31.9 Å². The molecule has 1 aliphatic rings. The van der Waals surface area contributed by atoms with Gasteiger partial charge in [-0.2, -0.15) is 5.10 Å². The normalized spacial score (nSPS) is 17.3. The van der Waals surface area contributed by atoms with Crippen molar-refractivity contribution < 1.29 is 14.4 Å². The summed E-state index contributed by atoms with van der Waals surface area (Å²) in [7, 11) is 1.60. The van der Waals surface area contributed by atoms with E-state index in [1.807, 2.05) is 62.4 Å². The van der Waals surface area contributed by atoms with Crippen molar-refractivity contribution in [3.8, 4) is 0 Å². The summed E-state index contributed by atoms with van der Waals surface area (Å²) in [5.41, 5.74) is 3.49. The second kappa shape index (κ2) is 9.13. The maximum absolute atomic E-state index is 13.1. The molecular formula is C26H29N5O3. The standard InChI is InChI=1S/C26H29N5O3/c1-17-8-10-19(11-9-17)14-28-25(34)26(3)16-31-22(24(33)30(26)4)13-21(29-31)23(32)27-15-20-7-5-6-18(2)12-20/h5-13H,14-16H2,1-4H3,(H,27,32)(H,28,34). The van der Waals surface area contributed by atoms with Crippen LogP contribution in [0.2, 0.25) is 0 Å². The van der Waals surface area contributed by atoms with Crippen LogP contribution in [0.4, 0.5) is 0 Å². The molecule has 34 heavy (non-hydrogen) atoms. The number of hydrogen-bond donors (Lipinski definition) is 2. The Balaban J connectivity index is 1.46. The number of rotatable bonds is 6. The number of fused-ring (bicyclic) bond motifs is 1. The lowest BCUT2D eigenvalue weighted by Gasteiger charge is -2.40. The lowest BCUT2D eigenvalue weighted by atomic mass is 9.95. The molecule has 0 bridgehead atoms. The molecule has 4 rings (SSSR count). The lowest BCUT2D eigenvalue weighted by Crippen LogP contribution is -2.62. The van der Waals surface area contributed by atoms with E-state index >= 15 is 0 Å². The molecule has 0 aliphatic carbocycles. The number of likely N-dealkylation sites (N-methyl/N-ethyl adjacent to an activating group) is 1. The van der Waals surface area contributed by atoms with Gasteiger partial charge in [0.1, 0.15) is 11.2 Å². The van der Waals surface area contributed by atoms with Crippen molar-refractivity contribution in [2.75, 3.05) is 7.05 Å². The van der Waals surface area contributed by atoms with Crippen LogP contribution in [0.25, 0.3) is 0 Å². The maximum atomic E-state index is 13.1. The third kappa shape index (κ3) is 4.57. The fourth-order valence-corrected chi connectivity index (χ4v) is 4.01. The van der Waals surface area contributed by atoms with Crippen LogP contribution in [0.15, 0.2) is 54.6 Å². The molecule has 0 saturated carbocycles. The van der Waals surface area contributed by atoms with Gasteiger partial charge < -0.3 is 15.5 Å². The zero-order chi connectivity index (χ0) is 24.5. The van der Waals surface area contributed by atoms with Crippen LogP contribution in [-0.4, -0.2) is 45.0 Å². The highest BCUT2D eigenvalue weighted by molar-refractivity contribution is 6.01. The van der Waals surface area contributed by atoms with Crippen molar-refractivity contribution in [1.29, 1.82) is 0 Å². The Morgan fingerprint density at radius 1 is 0.971 bits per heavy atom. The minimum atomic E-state index is -1.14. The third-order valence-corrected chi connectivity index (χ3v) is 6.33. The number of benzene rings is 2. The molecule has 2 N–H and O–H groups in total. The van der Waals surface area contributed by atoms with Gasteiger partial charge in [0.25, 0.3) is 11.8 Å². The molecular weight excluding hydrogens is 430 g/mol. The van der Waals surface area contributed by atoms with E-state index in [2.05, 4.69) is 15.7 Å². The number of aromatic nitrogens is 2. The Labute approximate surface area is 199 Å². The summed E-state index contributed by atoms with van der Waals surface area (Å²) >= 11 is 0. The first-order chi connectivity index (χ1) is 16.2. The maximum Gasteiger partial charge on any atom is 0.272 e. The van der Waals surface area contributed by atoms with Crippen molar-refractivity contribution in [2.24, 2.45) is 0 Å². The molecule has 8 heteroatoms. The average Bonchev–Trinajstić information content (AvgIpc) is 3.24. The third-order valence-electron chi connectivity index (χ3n) is 6.33. The molecule has 1 unspecified atom stereocenters. The van der Waals surface area contributed by atoms with Crippen LogP contribution in [-0.2, 0) is 24.4 Å². The number of carbonyl (C=O) groups is 3. The zero-order valence-electron chi connectivity index (χ0n) is 19.9. The Bertz CT molecular complexity index is 1250. The van der Waals surface area contributed by atoms with E-state index in [1.54, 1.807) is 14.0 Å². The van der Waals surface area contributed by atoms with Crippen LogP contribution >= 0.6 is 0 Å². The van der Waals surface area contributed by atoms with Crippen LogP contribution in [0.1, 0.15) is 50.2 Å². The number of aryl methyl sites for hydroxylation is 2. The fraction of sp³-hybridized carbons (Fsp3) is 0.308. The van der Waals surface area contributed by atoms with Gasteiger partial charge in [-0.25, -0.2) is 0 Å². The molecule has 3 aromatic rings. The molecule has 1 aliphatic heterocycles. The Hall–Kier alpha value is -3.94.